The smallest absolute Gasteiger partial charge is 0.133 e. The second-order valence-corrected chi connectivity index (χ2v) is 5.93. The van der Waals surface area contributed by atoms with Gasteiger partial charge in [-0.2, -0.15) is 0 Å². The Morgan fingerprint density at radius 2 is 1.73 bits per heavy atom. The quantitative estimate of drug-likeness (QED) is 0.769. The molecule has 0 atom stereocenters. The van der Waals surface area contributed by atoms with Crippen molar-refractivity contribution >= 4 is 31.9 Å². The van der Waals surface area contributed by atoms with E-state index in [2.05, 4.69) is 37.9 Å². The van der Waals surface area contributed by atoms with Crippen LogP contribution in [0.5, 0.6) is 5.75 Å². The number of hydrogen-bond acceptors (Lipinski definition) is 1. The molecule has 0 bridgehead atoms. The fourth-order valence-corrected chi connectivity index (χ4v) is 3.57. The molecule has 1 fully saturated rings. The van der Waals surface area contributed by atoms with E-state index in [1.807, 2.05) is 6.07 Å². The van der Waals surface area contributed by atoms with Crippen molar-refractivity contribution in [2.75, 3.05) is 0 Å². The van der Waals surface area contributed by atoms with Crippen molar-refractivity contribution in [2.45, 2.75) is 38.0 Å². The van der Waals surface area contributed by atoms with Gasteiger partial charge in [0.15, 0.2) is 0 Å². The lowest BCUT2D eigenvalue weighted by Crippen LogP contribution is -2.04. The number of benzene rings is 1. The van der Waals surface area contributed by atoms with Crippen molar-refractivity contribution in [3.05, 3.63) is 26.6 Å². The largest absolute Gasteiger partial charge is 0.506 e. The summed E-state index contributed by atoms with van der Waals surface area (Å²) in [4.78, 5) is 0. The van der Waals surface area contributed by atoms with Crippen LogP contribution in [0.1, 0.15) is 43.6 Å². The zero-order valence-corrected chi connectivity index (χ0v) is 11.6. The molecule has 1 aliphatic carbocycles. The van der Waals surface area contributed by atoms with Crippen LogP contribution < -0.4 is 0 Å². The minimum atomic E-state index is 0.421. The van der Waals surface area contributed by atoms with Gasteiger partial charge < -0.3 is 5.11 Å². The normalized spacial score (nSPS) is 18.0. The van der Waals surface area contributed by atoms with Gasteiger partial charge in [-0.15, -0.1) is 0 Å². The van der Waals surface area contributed by atoms with Gasteiger partial charge >= 0.3 is 0 Å². The molecule has 0 radical (unpaired) electrons. The van der Waals surface area contributed by atoms with E-state index in [1.165, 1.54) is 32.1 Å². The molecule has 0 heterocycles. The highest BCUT2D eigenvalue weighted by molar-refractivity contribution is 9.11. The highest BCUT2D eigenvalue weighted by Gasteiger charge is 2.20. The van der Waals surface area contributed by atoms with Crippen LogP contribution >= 0.6 is 31.9 Å². The van der Waals surface area contributed by atoms with E-state index in [-0.39, 0.29) is 0 Å². The molecule has 0 unspecified atom stereocenters. The Balaban J connectivity index is 2.33. The first-order chi connectivity index (χ1) is 7.18. The Labute approximate surface area is 107 Å². The number of aromatic hydroxyl groups is 1. The van der Waals surface area contributed by atoms with Crippen molar-refractivity contribution in [3.63, 3.8) is 0 Å². The second kappa shape index (κ2) is 4.88. The third kappa shape index (κ3) is 2.56. The van der Waals surface area contributed by atoms with Crippen LogP contribution in [0.15, 0.2) is 21.1 Å². The zero-order valence-electron chi connectivity index (χ0n) is 8.47. The van der Waals surface area contributed by atoms with E-state index in [0.29, 0.717) is 11.7 Å². The lowest BCUT2D eigenvalue weighted by molar-refractivity contribution is 0.412. The molecule has 0 amide bonds. The third-order valence-corrected chi connectivity index (χ3v) is 4.16. The second-order valence-electron chi connectivity index (χ2n) is 4.16. The Bertz CT molecular complexity index is 357. The molecule has 1 aromatic rings. The molecule has 2 rings (SSSR count). The Morgan fingerprint density at radius 1 is 1.07 bits per heavy atom. The SMILES string of the molecule is Oc1c(Br)cc(Br)cc1C1CCCCC1. The average molecular weight is 334 g/mol. The molecule has 0 spiro atoms. The lowest BCUT2D eigenvalue weighted by atomic mass is 9.84. The van der Waals surface area contributed by atoms with Crippen molar-refractivity contribution in [3.8, 4) is 5.75 Å². The Hall–Kier alpha value is -0.0200. The summed E-state index contributed by atoms with van der Waals surface area (Å²) >= 11 is 6.86. The topological polar surface area (TPSA) is 20.2 Å². The van der Waals surface area contributed by atoms with Gasteiger partial charge in [0.2, 0.25) is 0 Å². The van der Waals surface area contributed by atoms with Crippen molar-refractivity contribution < 1.29 is 5.11 Å². The summed E-state index contributed by atoms with van der Waals surface area (Å²) in [6.45, 7) is 0. The Morgan fingerprint density at radius 3 is 2.40 bits per heavy atom. The summed E-state index contributed by atoms with van der Waals surface area (Å²) in [6.07, 6.45) is 6.32. The summed E-state index contributed by atoms with van der Waals surface area (Å²) in [5, 5.41) is 10.0. The van der Waals surface area contributed by atoms with E-state index in [1.54, 1.807) is 0 Å². The fraction of sp³-hybridized carbons (Fsp3) is 0.500. The van der Waals surface area contributed by atoms with Gasteiger partial charge in [0, 0.05) is 4.47 Å². The Kier molecular flexibility index (Phi) is 3.73. The van der Waals surface area contributed by atoms with Crippen LogP contribution in [0.4, 0.5) is 0 Å². The van der Waals surface area contributed by atoms with E-state index in [9.17, 15) is 5.11 Å². The molecule has 0 aromatic heterocycles. The predicted molar refractivity (Wildman–Crippen MR) is 69.3 cm³/mol. The molecule has 3 heteroatoms. The van der Waals surface area contributed by atoms with Crippen molar-refractivity contribution in [2.24, 2.45) is 0 Å². The van der Waals surface area contributed by atoms with Crippen LogP contribution in [0.2, 0.25) is 0 Å². The highest BCUT2D eigenvalue weighted by atomic mass is 79.9. The molecule has 82 valence electrons. The maximum Gasteiger partial charge on any atom is 0.133 e. The first-order valence-corrected chi connectivity index (χ1v) is 6.95. The standard InChI is InChI=1S/C12H14Br2O/c13-9-6-10(12(15)11(14)7-9)8-4-2-1-3-5-8/h6-8,15H,1-5H2. The monoisotopic (exact) mass is 332 g/mol. The predicted octanol–water partition coefficient (Wildman–Crippen LogP) is 4.96. The van der Waals surface area contributed by atoms with E-state index in [0.717, 1.165) is 14.5 Å². The maximum atomic E-state index is 10.0. The highest BCUT2D eigenvalue weighted by Crippen LogP contribution is 2.41. The van der Waals surface area contributed by atoms with Gasteiger partial charge in [-0.05, 0) is 52.4 Å². The van der Waals surface area contributed by atoms with Crippen LogP contribution in [-0.2, 0) is 0 Å². The van der Waals surface area contributed by atoms with Gasteiger partial charge in [-0.25, -0.2) is 0 Å². The summed E-state index contributed by atoms with van der Waals surface area (Å²) in [7, 11) is 0. The van der Waals surface area contributed by atoms with Crippen molar-refractivity contribution in [1.82, 2.24) is 0 Å². The molecule has 0 saturated heterocycles. The van der Waals surface area contributed by atoms with Crippen LogP contribution in [0, 0.1) is 0 Å². The average Bonchev–Trinajstić information content (AvgIpc) is 2.24. The minimum Gasteiger partial charge on any atom is -0.506 e. The molecule has 1 N–H and O–H groups in total. The molecule has 15 heavy (non-hydrogen) atoms. The van der Waals surface area contributed by atoms with Gasteiger partial charge in [0.1, 0.15) is 5.75 Å². The first-order valence-electron chi connectivity index (χ1n) is 5.36. The number of phenols is 1. The summed E-state index contributed by atoms with van der Waals surface area (Å²) in [5.74, 6) is 0.956. The first kappa shape index (κ1) is 11.5. The van der Waals surface area contributed by atoms with Crippen LogP contribution in [-0.4, -0.2) is 5.11 Å². The molecule has 1 nitrogen and oxygen atoms in total. The number of halogens is 2. The van der Waals surface area contributed by atoms with Crippen LogP contribution in [0.25, 0.3) is 0 Å². The summed E-state index contributed by atoms with van der Waals surface area (Å²) in [5.41, 5.74) is 1.09. The van der Waals surface area contributed by atoms with Gasteiger partial charge in [0.25, 0.3) is 0 Å². The number of phenolic OH excluding ortho intramolecular Hbond substituents is 1. The molecular formula is C12H14Br2O. The fourth-order valence-electron chi connectivity index (χ4n) is 2.31. The van der Waals surface area contributed by atoms with Gasteiger partial charge in [0.05, 0.1) is 4.47 Å². The lowest BCUT2D eigenvalue weighted by Gasteiger charge is -2.23. The van der Waals surface area contributed by atoms with E-state index < -0.39 is 0 Å². The van der Waals surface area contributed by atoms with E-state index in [4.69, 9.17) is 0 Å². The molecular weight excluding hydrogens is 320 g/mol. The number of rotatable bonds is 1. The summed E-state index contributed by atoms with van der Waals surface area (Å²) < 4.78 is 1.82. The molecule has 1 saturated carbocycles. The van der Waals surface area contributed by atoms with Gasteiger partial charge in [-0.1, -0.05) is 35.2 Å². The van der Waals surface area contributed by atoms with E-state index >= 15 is 0 Å². The maximum absolute atomic E-state index is 10.0. The van der Waals surface area contributed by atoms with Gasteiger partial charge in [-0.3, -0.25) is 0 Å². The number of hydrogen-bond donors (Lipinski definition) is 1. The van der Waals surface area contributed by atoms with Crippen molar-refractivity contribution in [1.29, 1.82) is 0 Å². The molecule has 1 aliphatic rings. The molecule has 0 aliphatic heterocycles. The third-order valence-electron chi connectivity index (χ3n) is 3.10. The molecule has 1 aromatic carbocycles. The summed E-state index contributed by atoms with van der Waals surface area (Å²) in [6, 6.07) is 3.94. The van der Waals surface area contributed by atoms with Crippen LogP contribution in [0.3, 0.4) is 0 Å². The minimum absolute atomic E-state index is 0.421. The zero-order chi connectivity index (χ0) is 10.8.